The highest BCUT2D eigenvalue weighted by Crippen LogP contribution is 2.38. The number of carbonyl (C=O) groups is 1. The number of benzene rings is 3. The fraction of sp³-hybridized carbons (Fsp3) is 0.242. The number of aryl methyl sites for hydroxylation is 1. The minimum Gasteiger partial charge on any atom is -0.490 e. The van der Waals surface area contributed by atoms with Gasteiger partial charge in [0.15, 0.2) is 16.3 Å². The molecular weight excluding hydrogens is 618 g/mol. The maximum atomic E-state index is 14.0. The predicted molar refractivity (Wildman–Crippen MR) is 172 cm³/mol. The van der Waals surface area contributed by atoms with Gasteiger partial charge < -0.3 is 14.2 Å². The van der Waals surface area contributed by atoms with Crippen molar-refractivity contribution in [1.82, 2.24) is 4.57 Å². The van der Waals surface area contributed by atoms with Crippen LogP contribution in [0.1, 0.15) is 49.1 Å². The molecule has 1 aliphatic rings. The highest BCUT2D eigenvalue weighted by molar-refractivity contribution is 7.07. The molecule has 10 nitrogen and oxygen atoms in total. The highest BCUT2D eigenvalue weighted by atomic mass is 35.5. The van der Waals surface area contributed by atoms with Crippen LogP contribution in [0.5, 0.6) is 11.5 Å². The maximum absolute atomic E-state index is 14.0. The van der Waals surface area contributed by atoms with Crippen LogP contribution in [-0.4, -0.2) is 28.7 Å². The van der Waals surface area contributed by atoms with Gasteiger partial charge in [-0.3, -0.25) is 19.5 Å². The number of rotatable bonds is 10. The number of nitro groups is 1. The number of halogens is 1. The van der Waals surface area contributed by atoms with Crippen molar-refractivity contribution in [2.45, 2.75) is 40.3 Å². The number of ether oxygens (including phenoxy) is 3. The monoisotopic (exact) mass is 647 g/mol. The first-order valence-corrected chi connectivity index (χ1v) is 15.4. The van der Waals surface area contributed by atoms with Gasteiger partial charge >= 0.3 is 5.97 Å². The zero-order valence-corrected chi connectivity index (χ0v) is 26.6. The van der Waals surface area contributed by atoms with Gasteiger partial charge in [-0.15, -0.1) is 0 Å². The molecule has 1 aromatic heterocycles. The topological polar surface area (TPSA) is 122 Å². The Morgan fingerprint density at radius 2 is 1.78 bits per heavy atom. The molecular formula is C33H30ClN3O7S. The van der Waals surface area contributed by atoms with Crippen molar-refractivity contribution in [1.29, 1.82) is 0 Å². The summed E-state index contributed by atoms with van der Waals surface area (Å²) in [7, 11) is 0. The van der Waals surface area contributed by atoms with E-state index >= 15 is 0 Å². The van der Waals surface area contributed by atoms with Crippen molar-refractivity contribution < 1.29 is 23.9 Å². The maximum Gasteiger partial charge on any atom is 0.338 e. The number of esters is 1. The van der Waals surface area contributed by atoms with E-state index in [-0.39, 0.29) is 29.5 Å². The van der Waals surface area contributed by atoms with Crippen LogP contribution in [0.2, 0.25) is 5.02 Å². The van der Waals surface area contributed by atoms with E-state index < -0.39 is 16.9 Å². The number of hydrogen-bond acceptors (Lipinski definition) is 9. The quantitative estimate of drug-likeness (QED) is 0.124. The first-order valence-electron chi connectivity index (χ1n) is 14.2. The summed E-state index contributed by atoms with van der Waals surface area (Å²) in [5.74, 6) is 0.171. The van der Waals surface area contributed by atoms with Crippen LogP contribution in [0.4, 0.5) is 5.69 Å². The van der Waals surface area contributed by atoms with Crippen molar-refractivity contribution >= 4 is 40.7 Å². The first kappa shape index (κ1) is 31.7. The van der Waals surface area contributed by atoms with Gasteiger partial charge in [0.1, 0.15) is 6.61 Å². The molecule has 4 aromatic rings. The Balaban J connectivity index is 1.54. The number of nitro benzene ring substituents is 1. The second-order valence-corrected chi connectivity index (χ2v) is 11.6. The number of thiazole rings is 1. The van der Waals surface area contributed by atoms with Gasteiger partial charge in [-0.25, -0.2) is 9.79 Å². The molecule has 0 bridgehead atoms. The smallest absolute Gasteiger partial charge is 0.338 e. The first-order chi connectivity index (χ1) is 21.6. The summed E-state index contributed by atoms with van der Waals surface area (Å²) in [4.78, 5) is 42.6. The molecule has 3 aromatic carbocycles. The Hall–Kier alpha value is -4.74. The summed E-state index contributed by atoms with van der Waals surface area (Å²) in [5.41, 5.74) is 3.60. The summed E-state index contributed by atoms with van der Waals surface area (Å²) in [6, 6.07) is 16.4. The average Bonchev–Trinajstić information content (AvgIpc) is 3.30. The summed E-state index contributed by atoms with van der Waals surface area (Å²) in [6.07, 6.45) is 1.70. The number of allylic oxidation sites excluding steroid dienone is 1. The van der Waals surface area contributed by atoms with Crippen molar-refractivity contribution in [3.8, 4) is 11.5 Å². The lowest BCUT2D eigenvalue weighted by atomic mass is 9.95. The Morgan fingerprint density at radius 3 is 2.42 bits per heavy atom. The number of carbonyl (C=O) groups excluding carboxylic acids is 1. The molecule has 45 heavy (non-hydrogen) atoms. The molecule has 0 N–H and O–H groups in total. The fourth-order valence-electron chi connectivity index (χ4n) is 4.95. The third-order valence-electron chi connectivity index (χ3n) is 7.07. The van der Waals surface area contributed by atoms with E-state index in [2.05, 4.69) is 4.99 Å². The summed E-state index contributed by atoms with van der Waals surface area (Å²) < 4.78 is 19.1. The zero-order chi connectivity index (χ0) is 32.2. The Morgan fingerprint density at radius 1 is 1.07 bits per heavy atom. The highest BCUT2D eigenvalue weighted by Gasteiger charge is 2.33. The molecule has 0 amide bonds. The van der Waals surface area contributed by atoms with Gasteiger partial charge in [0.2, 0.25) is 0 Å². The van der Waals surface area contributed by atoms with Crippen LogP contribution < -0.4 is 24.4 Å². The summed E-state index contributed by atoms with van der Waals surface area (Å²) in [5, 5.41) is 11.2. The second-order valence-electron chi connectivity index (χ2n) is 10.2. The van der Waals surface area contributed by atoms with Crippen molar-refractivity contribution in [2.24, 2.45) is 4.99 Å². The molecule has 0 saturated heterocycles. The summed E-state index contributed by atoms with van der Waals surface area (Å²) >= 11 is 7.87. The standard InChI is InChI=1S/C33H30ClN3O7S/c1-5-42-26-16-22(15-25(34)30(26)44-18-21-9-13-24(14-10-21)37(40)41)17-27-31(38)36-29(23-11-7-19(3)8-12-23)28(32(39)43-6-2)20(4)35-33(36)45-27/h7-17,29H,5-6,18H2,1-4H3/b27-17+/t29-/m1/s1. The molecule has 0 radical (unpaired) electrons. The Labute approximate surface area is 267 Å². The molecule has 1 atom stereocenters. The summed E-state index contributed by atoms with van der Waals surface area (Å²) in [6.45, 7) is 7.91. The van der Waals surface area contributed by atoms with Crippen LogP contribution in [0.15, 0.2) is 81.7 Å². The molecule has 0 spiro atoms. The number of nitrogens with zero attached hydrogens (tertiary/aromatic N) is 3. The van der Waals surface area contributed by atoms with Gasteiger partial charge in [0.25, 0.3) is 11.2 Å². The molecule has 12 heteroatoms. The van der Waals surface area contributed by atoms with Crippen molar-refractivity contribution in [2.75, 3.05) is 13.2 Å². The molecule has 2 heterocycles. The Kier molecular flexibility index (Phi) is 9.50. The van der Waals surface area contributed by atoms with E-state index in [1.54, 1.807) is 44.2 Å². The fourth-order valence-corrected chi connectivity index (χ4v) is 6.27. The van der Waals surface area contributed by atoms with Crippen molar-refractivity contribution in [3.63, 3.8) is 0 Å². The average molecular weight is 648 g/mol. The van der Waals surface area contributed by atoms with Gasteiger partial charge in [0.05, 0.1) is 45.0 Å². The molecule has 0 unspecified atom stereocenters. The van der Waals surface area contributed by atoms with E-state index in [1.807, 2.05) is 38.1 Å². The van der Waals surface area contributed by atoms with Crippen LogP contribution >= 0.6 is 22.9 Å². The van der Waals surface area contributed by atoms with Gasteiger partial charge in [-0.05, 0) is 74.7 Å². The molecule has 0 saturated carbocycles. The van der Waals surface area contributed by atoms with Gasteiger partial charge in [-0.2, -0.15) is 0 Å². The lowest BCUT2D eigenvalue weighted by molar-refractivity contribution is -0.384. The molecule has 5 rings (SSSR count). The number of fused-ring (bicyclic) bond motifs is 1. The third kappa shape index (κ3) is 6.69. The van der Waals surface area contributed by atoms with Crippen LogP contribution in [-0.2, 0) is 16.1 Å². The SMILES string of the molecule is CCOC(=O)C1=C(C)N=c2s/c(=C/c3cc(Cl)c(OCc4ccc([N+](=O)[O-])cc4)c(OCC)c3)c(=O)n2[C@@H]1c1ccc(C)cc1. The van der Waals surface area contributed by atoms with E-state index in [0.717, 1.165) is 11.1 Å². The largest absolute Gasteiger partial charge is 0.490 e. The van der Waals surface area contributed by atoms with E-state index in [4.69, 9.17) is 25.8 Å². The van der Waals surface area contributed by atoms with E-state index in [0.29, 0.717) is 49.8 Å². The minimum absolute atomic E-state index is 0.0149. The lowest BCUT2D eigenvalue weighted by Crippen LogP contribution is -2.39. The normalized spacial score (nSPS) is 14.5. The third-order valence-corrected chi connectivity index (χ3v) is 8.33. The number of hydrogen-bond donors (Lipinski definition) is 0. The lowest BCUT2D eigenvalue weighted by Gasteiger charge is -2.24. The van der Waals surface area contributed by atoms with Crippen molar-refractivity contribution in [3.05, 3.63) is 129 Å². The van der Waals surface area contributed by atoms with Crippen LogP contribution in [0.3, 0.4) is 0 Å². The molecule has 0 fully saturated rings. The number of non-ortho nitro benzene ring substituents is 1. The zero-order valence-electron chi connectivity index (χ0n) is 25.0. The van der Waals surface area contributed by atoms with Crippen LogP contribution in [0, 0.1) is 17.0 Å². The Bertz CT molecular complexity index is 1980. The van der Waals surface area contributed by atoms with Gasteiger partial charge in [0, 0.05) is 12.1 Å². The van der Waals surface area contributed by atoms with E-state index in [9.17, 15) is 19.7 Å². The second kappa shape index (κ2) is 13.5. The predicted octanol–water partition coefficient (Wildman–Crippen LogP) is 5.65. The van der Waals surface area contributed by atoms with Crippen LogP contribution in [0.25, 0.3) is 6.08 Å². The van der Waals surface area contributed by atoms with Gasteiger partial charge in [-0.1, -0.05) is 52.8 Å². The molecule has 232 valence electrons. The molecule has 0 aliphatic carbocycles. The van der Waals surface area contributed by atoms with E-state index in [1.165, 1.54) is 28.0 Å². The molecule has 1 aliphatic heterocycles. The minimum atomic E-state index is -0.708. The number of aromatic nitrogens is 1.